The summed E-state index contributed by atoms with van der Waals surface area (Å²) < 4.78 is 61.1. The SMILES string of the molecule is CN1CCCc2c1nc(C1CC3(CCN1)C(=O)N(CC(F)(F)F)c1cc(OCC(=O)O)cc(F)c13)[nH]c2=O. The minimum absolute atomic E-state index is 0.00498. The highest BCUT2D eigenvalue weighted by molar-refractivity contribution is 6.08. The Morgan fingerprint density at radius 2 is 2.08 bits per heavy atom. The first-order chi connectivity index (χ1) is 17.9. The molecule has 5 rings (SSSR count). The lowest BCUT2D eigenvalue weighted by atomic mass is 9.71. The van der Waals surface area contributed by atoms with Crippen molar-refractivity contribution in [1.29, 1.82) is 0 Å². The standard InChI is InChI=1S/C24H25F4N5O5/c1-32-6-2-3-13-20(32)30-19(31-21(13)36)15-9-23(4-5-29-15)18-14(25)7-12(38-10-17(34)35)8-16(18)33(22(23)37)11-24(26,27)28/h7-8,15,29H,2-6,9-11H2,1H3,(H,34,35)(H,30,31,36). The molecule has 38 heavy (non-hydrogen) atoms. The van der Waals surface area contributed by atoms with Gasteiger partial charge in [-0.25, -0.2) is 14.2 Å². The van der Waals surface area contributed by atoms with E-state index in [0.29, 0.717) is 29.2 Å². The number of rotatable bonds is 5. The Labute approximate surface area is 213 Å². The van der Waals surface area contributed by atoms with Gasteiger partial charge in [-0.05, 0) is 32.2 Å². The third-order valence-corrected chi connectivity index (χ3v) is 7.29. The van der Waals surface area contributed by atoms with E-state index in [1.54, 1.807) is 7.05 Å². The lowest BCUT2D eigenvalue weighted by Crippen LogP contribution is -2.50. The van der Waals surface area contributed by atoms with Crippen LogP contribution < -0.4 is 25.4 Å². The predicted octanol–water partition coefficient (Wildman–Crippen LogP) is 2.03. The van der Waals surface area contributed by atoms with Crippen LogP contribution in [0.15, 0.2) is 16.9 Å². The van der Waals surface area contributed by atoms with Crippen LogP contribution in [0.4, 0.5) is 29.1 Å². The summed E-state index contributed by atoms with van der Waals surface area (Å²) in [6, 6.07) is 1.19. The van der Waals surface area contributed by atoms with Gasteiger partial charge in [-0.1, -0.05) is 0 Å². The number of anilines is 2. The molecule has 1 aromatic carbocycles. The van der Waals surface area contributed by atoms with Crippen molar-refractivity contribution < 1.29 is 37.0 Å². The fraction of sp³-hybridized carbons (Fsp3) is 0.500. The zero-order chi connectivity index (χ0) is 27.4. The van der Waals surface area contributed by atoms with Gasteiger partial charge in [-0.3, -0.25) is 9.59 Å². The number of carbonyl (C=O) groups is 2. The number of nitrogens with one attached hydrogen (secondary N) is 2. The number of benzene rings is 1. The summed E-state index contributed by atoms with van der Waals surface area (Å²) >= 11 is 0. The average molecular weight is 539 g/mol. The van der Waals surface area contributed by atoms with E-state index in [1.807, 2.05) is 4.90 Å². The Morgan fingerprint density at radius 1 is 1.32 bits per heavy atom. The quantitative estimate of drug-likeness (QED) is 0.493. The van der Waals surface area contributed by atoms with E-state index in [0.717, 1.165) is 18.6 Å². The minimum Gasteiger partial charge on any atom is -0.482 e. The summed E-state index contributed by atoms with van der Waals surface area (Å²) in [4.78, 5) is 47.0. The first-order valence-electron chi connectivity index (χ1n) is 12.0. The van der Waals surface area contributed by atoms with Crippen molar-refractivity contribution in [2.24, 2.45) is 0 Å². The van der Waals surface area contributed by atoms with Crippen LogP contribution >= 0.6 is 0 Å². The highest BCUT2D eigenvalue weighted by atomic mass is 19.4. The van der Waals surface area contributed by atoms with Crippen molar-refractivity contribution in [3.8, 4) is 5.75 Å². The molecule has 1 aromatic heterocycles. The molecular formula is C24H25F4N5O5. The molecule has 4 heterocycles. The summed E-state index contributed by atoms with van der Waals surface area (Å²) in [5, 5.41) is 12.0. The molecule has 3 aliphatic heterocycles. The van der Waals surface area contributed by atoms with E-state index in [9.17, 15) is 27.6 Å². The van der Waals surface area contributed by atoms with Gasteiger partial charge < -0.3 is 29.9 Å². The largest absolute Gasteiger partial charge is 0.482 e. The first-order valence-corrected chi connectivity index (χ1v) is 12.0. The van der Waals surface area contributed by atoms with Crippen molar-refractivity contribution in [2.75, 3.05) is 43.1 Å². The number of fused-ring (bicyclic) bond motifs is 3. The lowest BCUT2D eigenvalue weighted by molar-refractivity contribution is -0.139. The van der Waals surface area contributed by atoms with Gasteiger partial charge in [0.15, 0.2) is 6.61 Å². The third kappa shape index (κ3) is 4.46. The van der Waals surface area contributed by atoms with Gasteiger partial charge in [0, 0.05) is 31.3 Å². The minimum atomic E-state index is -4.78. The van der Waals surface area contributed by atoms with Crippen LogP contribution in [0, 0.1) is 5.82 Å². The number of hydrogen-bond acceptors (Lipinski definition) is 7. The molecule has 1 amide bonds. The summed E-state index contributed by atoms with van der Waals surface area (Å²) in [6.07, 6.45) is -3.58. The first kappa shape index (κ1) is 25.9. The monoisotopic (exact) mass is 539 g/mol. The van der Waals surface area contributed by atoms with Crippen LogP contribution in [0.25, 0.3) is 0 Å². The summed E-state index contributed by atoms with van der Waals surface area (Å²) in [5.74, 6) is -2.86. The van der Waals surface area contributed by atoms with Crippen LogP contribution in [0.2, 0.25) is 0 Å². The molecule has 0 radical (unpaired) electrons. The normalized spacial score (nSPS) is 23.0. The maximum absolute atomic E-state index is 15.6. The smallest absolute Gasteiger partial charge is 0.406 e. The van der Waals surface area contributed by atoms with Gasteiger partial charge in [0.1, 0.15) is 29.8 Å². The van der Waals surface area contributed by atoms with Crippen molar-refractivity contribution in [2.45, 2.75) is 43.3 Å². The maximum Gasteiger partial charge on any atom is 0.406 e. The fourth-order valence-electron chi connectivity index (χ4n) is 5.70. The third-order valence-electron chi connectivity index (χ3n) is 7.29. The van der Waals surface area contributed by atoms with Crippen LogP contribution in [0.3, 0.4) is 0 Å². The van der Waals surface area contributed by atoms with E-state index < -0.39 is 48.5 Å². The highest BCUT2D eigenvalue weighted by Gasteiger charge is 2.57. The van der Waals surface area contributed by atoms with E-state index >= 15 is 4.39 Å². The number of aliphatic carboxylic acids is 1. The molecule has 0 aliphatic carbocycles. The molecule has 2 aromatic rings. The molecule has 1 fully saturated rings. The predicted molar refractivity (Wildman–Crippen MR) is 126 cm³/mol. The molecule has 3 aliphatic rings. The molecule has 2 atom stereocenters. The number of aromatic amines is 1. The Bertz CT molecular complexity index is 1360. The number of carboxylic acid groups (broad SMARTS) is 1. The number of hydrogen-bond donors (Lipinski definition) is 3. The van der Waals surface area contributed by atoms with E-state index in [-0.39, 0.29) is 47.8 Å². The van der Waals surface area contributed by atoms with E-state index in [2.05, 4.69) is 15.3 Å². The van der Waals surface area contributed by atoms with Crippen molar-refractivity contribution in [1.82, 2.24) is 15.3 Å². The molecule has 1 saturated heterocycles. The molecular weight excluding hydrogens is 514 g/mol. The molecule has 204 valence electrons. The fourth-order valence-corrected chi connectivity index (χ4v) is 5.70. The van der Waals surface area contributed by atoms with Gasteiger partial charge >= 0.3 is 12.1 Å². The lowest BCUT2D eigenvalue weighted by Gasteiger charge is -2.38. The van der Waals surface area contributed by atoms with Gasteiger partial charge in [0.2, 0.25) is 5.91 Å². The number of alkyl halides is 3. The maximum atomic E-state index is 15.6. The second-order valence-corrected chi connectivity index (χ2v) is 9.81. The number of H-pyrrole nitrogens is 1. The average Bonchev–Trinajstić information content (AvgIpc) is 3.05. The Balaban J connectivity index is 1.57. The number of aromatic nitrogens is 2. The second kappa shape index (κ2) is 9.26. The van der Waals surface area contributed by atoms with E-state index in [4.69, 9.17) is 9.84 Å². The van der Waals surface area contributed by atoms with Crippen LogP contribution in [-0.2, 0) is 21.4 Å². The number of amides is 1. The van der Waals surface area contributed by atoms with Gasteiger partial charge in [0.25, 0.3) is 5.56 Å². The molecule has 0 saturated carbocycles. The summed E-state index contributed by atoms with van der Waals surface area (Å²) in [6.45, 7) is -1.66. The summed E-state index contributed by atoms with van der Waals surface area (Å²) in [5.41, 5.74) is -1.99. The van der Waals surface area contributed by atoms with Crippen molar-refractivity contribution >= 4 is 23.4 Å². The number of piperidine rings is 1. The number of halogens is 4. The second-order valence-electron chi connectivity index (χ2n) is 9.81. The van der Waals surface area contributed by atoms with Crippen LogP contribution in [0.5, 0.6) is 5.75 Å². The zero-order valence-corrected chi connectivity index (χ0v) is 20.3. The van der Waals surface area contributed by atoms with Crippen LogP contribution in [0.1, 0.15) is 42.3 Å². The number of carbonyl (C=O) groups excluding carboxylic acids is 1. The highest BCUT2D eigenvalue weighted by Crippen LogP contribution is 2.52. The number of ether oxygens (including phenoxy) is 1. The molecule has 1 spiro atoms. The number of carboxylic acids is 1. The molecule has 2 unspecified atom stereocenters. The van der Waals surface area contributed by atoms with Gasteiger partial charge in [0.05, 0.1) is 22.7 Å². The van der Waals surface area contributed by atoms with E-state index in [1.165, 1.54) is 0 Å². The molecule has 10 nitrogen and oxygen atoms in total. The Morgan fingerprint density at radius 3 is 2.79 bits per heavy atom. The van der Waals surface area contributed by atoms with Crippen molar-refractivity contribution in [3.63, 3.8) is 0 Å². The summed E-state index contributed by atoms with van der Waals surface area (Å²) in [7, 11) is 1.80. The molecule has 3 N–H and O–H groups in total. The molecule has 14 heteroatoms. The number of nitrogens with zero attached hydrogens (tertiary/aromatic N) is 3. The van der Waals surface area contributed by atoms with Gasteiger partial charge in [-0.2, -0.15) is 13.2 Å². The van der Waals surface area contributed by atoms with Crippen molar-refractivity contribution in [3.05, 3.63) is 45.3 Å². The topological polar surface area (TPSA) is 128 Å². The Kier molecular flexibility index (Phi) is 6.32. The van der Waals surface area contributed by atoms with Gasteiger partial charge in [-0.15, -0.1) is 0 Å². The van der Waals surface area contributed by atoms with Crippen LogP contribution in [-0.4, -0.2) is 66.4 Å². The molecule has 0 bridgehead atoms. The Hall–Kier alpha value is -3.68. The zero-order valence-electron chi connectivity index (χ0n) is 20.3.